The molecule has 1 aromatic carbocycles. The second-order valence-corrected chi connectivity index (χ2v) is 7.08. The molecule has 0 aliphatic heterocycles. The number of rotatable bonds is 5. The Bertz CT molecular complexity index is 678. The Kier molecular flexibility index (Phi) is 4.54. The first kappa shape index (κ1) is 15.1. The number of hydrogen-bond donors (Lipinski definition) is 2. The normalized spacial score (nSPS) is 13.3. The topological polar surface area (TPSA) is 79.3 Å². The molecule has 0 saturated carbocycles. The van der Waals surface area contributed by atoms with Gasteiger partial charge in [0, 0.05) is 11.1 Å². The summed E-state index contributed by atoms with van der Waals surface area (Å²) in [6.45, 7) is 3.52. The van der Waals surface area contributed by atoms with E-state index in [4.69, 9.17) is 5.11 Å². The van der Waals surface area contributed by atoms with Gasteiger partial charge in [0.1, 0.15) is 5.01 Å². The lowest BCUT2D eigenvalue weighted by atomic mass is 10.2. The lowest BCUT2D eigenvalue weighted by Crippen LogP contribution is -2.26. The lowest BCUT2D eigenvalue weighted by molar-refractivity contribution is 0.282. The average molecular weight is 312 g/mol. The molecule has 2 aromatic rings. The molecule has 1 heterocycles. The molecule has 0 spiro atoms. The van der Waals surface area contributed by atoms with Gasteiger partial charge < -0.3 is 5.11 Å². The summed E-state index contributed by atoms with van der Waals surface area (Å²) in [5.74, 6) is 0. The number of aryl methyl sites for hydroxylation is 1. The summed E-state index contributed by atoms with van der Waals surface area (Å²) in [7, 11) is -3.59. The van der Waals surface area contributed by atoms with E-state index in [-0.39, 0.29) is 17.5 Å². The minimum absolute atomic E-state index is 0.109. The van der Waals surface area contributed by atoms with Crippen molar-refractivity contribution in [2.75, 3.05) is 0 Å². The molecule has 0 bridgehead atoms. The molecule has 1 aromatic heterocycles. The van der Waals surface area contributed by atoms with Crippen LogP contribution in [-0.4, -0.2) is 18.5 Å². The Labute approximate surface area is 122 Å². The van der Waals surface area contributed by atoms with Crippen LogP contribution in [0.5, 0.6) is 0 Å². The first-order valence-electron chi connectivity index (χ1n) is 6.06. The fourth-order valence-electron chi connectivity index (χ4n) is 1.70. The van der Waals surface area contributed by atoms with Gasteiger partial charge in [-0.1, -0.05) is 12.1 Å². The van der Waals surface area contributed by atoms with Crippen molar-refractivity contribution in [1.82, 2.24) is 9.71 Å². The van der Waals surface area contributed by atoms with Gasteiger partial charge in [-0.25, -0.2) is 18.1 Å². The Hall–Kier alpha value is -1.28. The van der Waals surface area contributed by atoms with Crippen LogP contribution >= 0.6 is 11.3 Å². The highest BCUT2D eigenvalue weighted by atomic mass is 32.2. The van der Waals surface area contributed by atoms with E-state index in [2.05, 4.69) is 9.71 Å². The van der Waals surface area contributed by atoms with E-state index >= 15 is 0 Å². The van der Waals surface area contributed by atoms with Crippen LogP contribution in [0.25, 0.3) is 0 Å². The van der Waals surface area contributed by atoms with Crippen molar-refractivity contribution < 1.29 is 13.5 Å². The average Bonchev–Trinajstić information content (AvgIpc) is 2.85. The number of aliphatic hydroxyl groups excluding tert-OH is 1. The summed E-state index contributed by atoms with van der Waals surface area (Å²) in [6.07, 6.45) is 0. The second kappa shape index (κ2) is 6.01. The fourth-order valence-corrected chi connectivity index (χ4v) is 3.78. The standard InChI is InChI=1S/C13H16N2O3S2/c1-9-8-19-13(14-9)10(2)15-20(17,18)12-5-3-11(7-16)4-6-12/h3-6,8,10,15-16H,7H2,1-2H3. The van der Waals surface area contributed by atoms with Crippen molar-refractivity contribution in [3.63, 3.8) is 0 Å². The molecule has 0 saturated heterocycles. The summed E-state index contributed by atoms with van der Waals surface area (Å²) < 4.78 is 27.0. The van der Waals surface area contributed by atoms with Crippen LogP contribution in [0.2, 0.25) is 0 Å². The minimum Gasteiger partial charge on any atom is -0.392 e. The Morgan fingerprint density at radius 2 is 2.00 bits per heavy atom. The van der Waals surface area contributed by atoms with Crippen LogP contribution in [0.3, 0.4) is 0 Å². The third kappa shape index (κ3) is 3.43. The largest absolute Gasteiger partial charge is 0.392 e. The molecule has 7 heteroatoms. The van der Waals surface area contributed by atoms with Gasteiger partial charge in [0.25, 0.3) is 0 Å². The van der Waals surface area contributed by atoms with Gasteiger partial charge in [-0.2, -0.15) is 0 Å². The molecule has 0 radical (unpaired) electrons. The minimum atomic E-state index is -3.59. The molecule has 0 aliphatic carbocycles. The van der Waals surface area contributed by atoms with Crippen molar-refractivity contribution in [3.8, 4) is 0 Å². The van der Waals surface area contributed by atoms with Gasteiger partial charge in [-0.15, -0.1) is 11.3 Å². The smallest absolute Gasteiger partial charge is 0.241 e. The highest BCUT2D eigenvalue weighted by molar-refractivity contribution is 7.89. The summed E-state index contributed by atoms with van der Waals surface area (Å²) in [5, 5.41) is 11.6. The molecular formula is C13H16N2O3S2. The van der Waals surface area contributed by atoms with E-state index < -0.39 is 10.0 Å². The van der Waals surface area contributed by atoms with Gasteiger partial charge in [-0.05, 0) is 31.5 Å². The van der Waals surface area contributed by atoms with E-state index in [1.165, 1.54) is 23.5 Å². The van der Waals surface area contributed by atoms with Crippen molar-refractivity contribution in [2.24, 2.45) is 0 Å². The van der Waals surface area contributed by atoms with Crippen LogP contribution in [0.15, 0.2) is 34.5 Å². The molecule has 1 unspecified atom stereocenters. The molecule has 0 amide bonds. The van der Waals surface area contributed by atoms with E-state index in [1.807, 2.05) is 12.3 Å². The molecule has 5 nitrogen and oxygen atoms in total. The third-order valence-electron chi connectivity index (χ3n) is 2.76. The van der Waals surface area contributed by atoms with Gasteiger partial charge in [0.05, 0.1) is 17.5 Å². The van der Waals surface area contributed by atoms with Gasteiger partial charge >= 0.3 is 0 Å². The number of aliphatic hydroxyl groups is 1. The summed E-state index contributed by atoms with van der Waals surface area (Å²) in [6, 6.07) is 5.76. The van der Waals surface area contributed by atoms with Crippen LogP contribution in [0.1, 0.15) is 29.2 Å². The van der Waals surface area contributed by atoms with E-state index in [1.54, 1.807) is 19.1 Å². The quantitative estimate of drug-likeness (QED) is 0.885. The number of nitrogens with zero attached hydrogens (tertiary/aromatic N) is 1. The zero-order valence-corrected chi connectivity index (χ0v) is 12.8. The van der Waals surface area contributed by atoms with Crippen molar-refractivity contribution >= 4 is 21.4 Å². The Morgan fingerprint density at radius 1 is 1.35 bits per heavy atom. The van der Waals surface area contributed by atoms with Gasteiger partial charge in [0.15, 0.2) is 0 Å². The maximum atomic E-state index is 12.2. The molecule has 20 heavy (non-hydrogen) atoms. The first-order valence-corrected chi connectivity index (χ1v) is 8.43. The SMILES string of the molecule is Cc1csc(C(C)NS(=O)(=O)c2ccc(CO)cc2)n1. The molecule has 1 atom stereocenters. The fraction of sp³-hybridized carbons (Fsp3) is 0.308. The van der Waals surface area contributed by atoms with Gasteiger partial charge in [-0.3, -0.25) is 0 Å². The number of nitrogens with one attached hydrogen (secondary N) is 1. The predicted octanol–water partition coefficient (Wildman–Crippen LogP) is 1.98. The molecule has 0 aliphatic rings. The third-order valence-corrected chi connectivity index (χ3v) is 5.46. The Balaban J connectivity index is 2.17. The number of hydrogen-bond acceptors (Lipinski definition) is 5. The Morgan fingerprint density at radius 3 is 2.50 bits per heavy atom. The molecule has 108 valence electrons. The van der Waals surface area contributed by atoms with Crippen molar-refractivity contribution in [3.05, 3.63) is 45.9 Å². The lowest BCUT2D eigenvalue weighted by Gasteiger charge is -2.12. The maximum absolute atomic E-state index is 12.2. The first-order chi connectivity index (χ1) is 9.42. The number of benzene rings is 1. The predicted molar refractivity (Wildman–Crippen MR) is 78.0 cm³/mol. The van der Waals surface area contributed by atoms with E-state index in [0.29, 0.717) is 5.56 Å². The zero-order valence-electron chi connectivity index (χ0n) is 11.2. The zero-order chi connectivity index (χ0) is 14.8. The van der Waals surface area contributed by atoms with E-state index in [0.717, 1.165) is 10.7 Å². The second-order valence-electron chi connectivity index (χ2n) is 4.47. The number of aromatic nitrogens is 1. The summed E-state index contributed by atoms with van der Waals surface area (Å²) >= 11 is 1.43. The molecule has 0 fully saturated rings. The highest BCUT2D eigenvalue weighted by Gasteiger charge is 2.19. The number of thiazole rings is 1. The van der Waals surface area contributed by atoms with Crippen LogP contribution in [0, 0.1) is 6.92 Å². The highest BCUT2D eigenvalue weighted by Crippen LogP contribution is 2.20. The van der Waals surface area contributed by atoms with Crippen molar-refractivity contribution in [1.29, 1.82) is 0 Å². The molecule has 2 rings (SSSR count). The van der Waals surface area contributed by atoms with E-state index in [9.17, 15) is 8.42 Å². The molecule has 2 N–H and O–H groups in total. The van der Waals surface area contributed by atoms with Crippen LogP contribution in [-0.2, 0) is 16.6 Å². The van der Waals surface area contributed by atoms with Crippen molar-refractivity contribution in [2.45, 2.75) is 31.4 Å². The summed E-state index contributed by atoms with van der Waals surface area (Å²) in [4.78, 5) is 4.45. The number of sulfonamides is 1. The van der Waals surface area contributed by atoms with Crippen LogP contribution in [0.4, 0.5) is 0 Å². The maximum Gasteiger partial charge on any atom is 0.241 e. The summed E-state index contributed by atoms with van der Waals surface area (Å²) in [5.41, 5.74) is 1.55. The molecular weight excluding hydrogens is 296 g/mol. The monoisotopic (exact) mass is 312 g/mol. The van der Waals surface area contributed by atoms with Gasteiger partial charge in [0.2, 0.25) is 10.0 Å². The van der Waals surface area contributed by atoms with Crippen LogP contribution < -0.4 is 4.72 Å².